The summed E-state index contributed by atoms with van der Waals surface area (Å²) in [5, 5.41) is 5.59. The van der Waals surface area contributed by atoms with Crippen molar-refractivity contribution in [3.63, 3.8) is 0 Å². The lowest BCUT2D eigenvalue weighted by Crippen LogP contribution is -2.09. The van der Waals surface area contributed by atoms with Crippen molar-refractivity contribution in [3.05, 3.63) is 65.0 Å². The highest BCUT2D eigenvalue weighted by Gasteiger charge is 2.14. The first-order valence-corrected chi connectivity index (χ1v) is 9.77. The number of amides is 1. The van der Waals surface area contributed by atoms with Crippen LogP contribution >= 0.6 is 22.7 Å². The minimum atomic E-state index is -0.146. The number of nitrogens with zero attached hydrogens (tertiary/aromatic N) is 2. The summed E-state index contributed by atoms with van der Waals surface area (Å²) in [4.78, 5) is 23.3. The van der Waals surface area contributed by atoms with E-state index in [1.165, 1.54) is 28.2 Å². The maximum absolute atomic E-state index is 12.6. The smallest absolute Gasteiger partial charge is 0.267 e. The molecule has 1 N–H and O–H groups in total. The van der Waals surface area contributed by atoms with Crippen LogP contribution in [0.3, 0.4) is 0 Å². The predicted molar refractivity (Wildman–Crippen MR) is 109 cm³/mol. The van der Waals surface area contributed by atoms with Gasteiger partial charge in [0.1, 0.15) is 4.83 Å². The minimum Gasteiger partial charge on any atom is -0.297 e. The average molecular weight is 375 g/mol. The summed E-state index contributed by atoms with van der Waals surface area (Å²) in [6.07, 6.45) is 0. The molecule has 0 aliphatic heterocycles. The van der Waals surface area contributed by atoms with Crippen LogP contribution in [0.1, 0.15) is 15.2 Å². The van der Waals surface area contributed by atoms with Gasteiger partial charge in [-0.2, -0.15) is 0 Å². The minimum absolute atomic E-state index is 0.146. The molecule has 0 fully saturated rings. The number of carbonyl (C=O) groups is 1. The summed E-state index contributed by atoms with van der Waals surface area (Å²) in [6, 6.07) is 18.0. The van der Waals surface area contributed by atoms with E-state index in [2.05, 4.69) is 41.5 Å². The third-order valence-electron chi connectivity index (χ3n) is 4.20. The molecule has 126 valence electrons. The zero-order chi connectivity index (χ0) is 17.7. The van der Waals surface area contributed by atoms with Gasteiger partial charge < -0.3 is 0 Å². The van der Waals surface area contributed by atoms with Crippen molar-refractivity contribution < 1.29 is 4.79 Å². The first-order chi connectivity index (χ1) is 12.7. The number of para-hydroxylation sites is 1. The molecule has 6 heteroatoms. The number of anilines is 1. The second-order valence-electron chi connectivity index (χ2n) is 6.13. The average Bonchev–Trinajstić information content (AvgIpc) is 3.22. The Bertz CT molecular complexity index is 1270. The lowest BCUT2D eigenvalue weighted by atomic mass is 10.1. The van der Waals surface area contributed by atoms with Gasteiger partial charge in [0.05, 0.1) is 20.6 Å². The van der Waals surface area contributed by atoms with E-state index in [0.29, 0.717) is 10.0 Å². The molecule has 26 heavy (non-hydrogen) atoms. The number of hydrogen-bond donors (Lipinski definition) is 1. The number of benzene rings is 2. The van der Waals surface area contributed by atoms with E-state index >= 15 is 0 Å². The second-order valence-corrected chi connectivity index (χ2v) is 8.19. The largest absolute Gasteiger partial charge is 0.297 e. The van der Waals surface area contributed by atoms with Crippen LogP contribution < -0.4 is 5.32 Å². The van der Waals surface area contributed by atoms with Gasteiger partial charge in [0, 0.05) is 10.8 Å². The van der Waals surface area contributed by atoms with E-state index in [1.54, 1.807) is 0 Å². The third kappa shape index (κ3) is 2.64. The van der Waals surface area contributed by atoms with Gasteiger partial charge in [0.2, 0.25) is 0 Å². The maximum atomic E-state index is 12.6. The standard InChI is InChI=1S/C20H13N3OS2/c1-11-6-7-12-9-13-10-17(25-19(13)21-15(12)8-11)18(24)23-20-22-14-4-2-3-5-16(14)26-20/h2-10H,1H3,(H,22,23,24). The monoisotopic (exact) mass is 375 g/mol. The lowest BCUT2D eigenvalue weighted by Gasteiger charge is -1.98. The SMILES string of the molecule is Cc1ccc2cc3cc(C(=O)Nc4nc5ccccc5s4)sc3nc2c1. The molecular formula is C20H13N3OS2. The number of aromatic nitrogens is 2. The Balaban J connectivity index is 1.51. The molecule has 0 unspecified atom stereocenters. The molecule has 0 radical (unpaired) electrons. The highest BCUT2D eigenvalue weighted by molar-refractivity contribution is 7.22. The van der Waals surface area contributed by atoms with E-state index in [1.807, 2.05) is 30.3 Å². The molecule has 5 rings (SSSR count). The van der Waals surface area contributed by atoms with Gasteiger partial charge in [-0.15, -0.1) is 11.3 Å². The summed E-state index contributed by atoms with van der Waals surface area (Å²) in [7, 11) is 0. The van der Waals surface area contributed by atoms with Crippen molar-refractivity contribution in [2.45, 2.75) is 6.92 Å². The number of thiophene rings is 1. The van der Waals surface area contributed by atoms with Crippen LogP contribution in [-0.2, 0) is 0 Å². The van der Waals surface area contributed by atoms with E-state index < -0.39 is 0 Å². The molecule has 0 aliphatic carbocycles. The highest BCUT2D eigenvalue weighted by Crippen LogP contribution is 2.30. The first kappa shape index (κ1) is 15.4. The normalized spacial score (nSPS) is 11.4. The quantitative estimate of drug-likeness (QED) is 0.436. The zero-order valence-corrected chi connectivity index (χ0v) is 15.4. The van der Waals surface area contributed by atoms with Gasteiger partial charge >= 0.3 is 0 Å². The Morgan fingerprint density at radius 3 is 2.69 bits per heavy atom. The number of hydrogen-bond acceptors (Lipinski definition) is 5. The van der Waals surface area contributed by atoms with Crippen molar-refractivity contribution in [1.82, 2.24) is 9.97 Å². The van der Waals surface area contributed by atoms with E-state index in [4.69, 9.17) is 4.98 Å². The third-order valence-corrected chi connectivity index (χ3v) is 6.19. The first-order valence-electron chi connectivity index (χ1n) is 8.14. The molecule has 0 bridgehead atoms. The Hall–Kier alpha value is -2.83. The molecule has 0 saturated heterocycles. The van der Waals surface area contributed by atoms with Crippen LogP contribution in [0.25, 0.3) is 31.3 Å². The zero-order valence-electron chi connectivity index (χ0n) is 13.8. The highest BCUT2D eigenvalue weighted by atomic mass is 32.1. The molecule has 3 heterocycles. The van der Waals surface area contributed by atoms with Crippen molar-refractivity contribution in [1.29, 1.82) is 0 Å². The fourth-order valence-corrected chi connectivity index (χ4v) is 4.71. The molecule has 0 spiro atoms. The van der Waals surface area contributed by atoms with Crippen molar-refractivity contribution in [2.24, 2.45) is 0 Å². The number of pyridine rings is 1. The van der Waals surface area contributed by atoms with E-state index in [-0.39, 0.29) is 5.91 Å². The predicted octanol–water partition coefficient (Wildman–Crippen LogP) is 5.62. The molecule has 0 atom stereocenters. The van der Waals surface area contributed by atoms with Crippen LogP contribution in [0.2, 0.25) is 0 Å². The van der Waals surface area contributed by atoms with Gasteiger partial charge in [0.25, 0.3) is 5.91 Å². The fourth-order valence-electron chi connectivity index (χ4n) is 2.93. The summed E-state index contributed by atoms with van der Waals surface area (Å²) in [6.45, 7) is 2.05. The van der Waals surface area contributed by atoms with Gasteiger partial charge in [0.15, 0.2) is 5.13 Å². The van der Waals surface area contributed by atoms with Crippen LogP contribution in [0, 0.1) is 6.92 Å². The summed E-state index contributed by atoms with van der Waals surface area (Å²) in [5.41, 5.74) is 3.03. The van der Waals surface area contributed by atoms with Crippen LogP contribution in [0.5, 0.6) is 0 Å². The summed E-state index contributed by atoms with van der Waals surface area (Å²) in [5.74, 6) is -0.146. The molecular weight excluding hydrogens is 362 g/mol. The Kier molecular flexibility index (Phi) is 3.48. The van der Waals surface area contributed by atoms with Crippen LogP contribution in [0.4, 0.5) is 5.13 Å². The Labute approximate surface area is 157 Å². The summed E-state index contributed by atoms with van der Waals surface area (Å²) < 4.78 is 1.06. The number of aryl methyl sites for hydroxylation is 1. The van der Waals surface area contributed by atoms with Gasteiger partial charge in [-0.3, -0.25) is 10.1 Å². The van der Waals surface area contributed by atoms with Crippen molar-refractivity contribution in [3.8, 4) is 0 Å². The molecule has 5 aromatic rings. The lowest BCUT2D eigenvalue weighted by molar-refractivity contribution is 0.103. The number of nitrogens with one attached hydrogen (secondary N) is 1. The maximum Gasteiger partial charge on any atom is 0.267 e. The number of carbonyl (C=O) groups excluding carboxylic acids is 1. The van der Waals surface area contributed by atoms with Gasteiger partial charge in [-0.1, -0.05) is 35.6 Å². The molecule has 0 aliphatic rings. The van der Waals surface area contributed by atoms with Gasteiger partial charge in [-0.25, -0.2) is 9.97 Å². The number of thiazole rings is 1. The van der Waals surface area contributed by atoms with Crippen molar-refractivity contribution in [2.75, 3.05) is 5.32 Å². The molecule has 4 nitrogen and oxygen atoms in total. The van der Waals surface area contributed by atoms with E-state index in [0.717, 1.165) is 31.3 Å². The van der Waals surface area contributed by atoms with Crippen LogP contribution in [0.15, 0.2) is 54.6 Å². The number of fused-ring (bicyclic) bond motifs is 3. The van der Waals surface area contributed by atoms with Gasteiger partial charge in [-0.05, 0) is 42.8 Å². The topological polar surface area (TPSA) is 54.9 Å². The van der Waals surface area contributed by atoms with Crippen LogP contribution in [-0.4, -0.2) is 15.9 Å². The summed E-state index contributed by atoms with van der Waals surface area (Å²) >= 11 is 2.88. The fraction of sp³-hybridized carbons (Fsp3) is 0.0500. The molecule has 3 aromatic heterocycles. The van der Waals surface area contributed by atoms with E-state index in [9.17, 15) is 4.79 Å². The molecule has 0 saturated carbocycles. The Morgan fingerprint density at radius 2 is 1.81 bits per heavy atom. The second kappa shape index (κ2) is 5.86. The molecule has 2 aromatic carbocycles. The van der Waals surface area contributed by atoms with Crippen molar-refractivity contribution >= 4 is 65.0 Å². The Morgan fingerprint density at radius 1 is 0.923 bits per heavy atom. The molecule has 1 amide bonds. The number of rotatable bonds is 2.